The molecule has 4 nitrogen and oxygen atoms in total. The van der Waals surface area contributed by atoms with Crippen molar-refractivity contribution in [3.8, 4) is 0 Å². The van der Waals surface area contributed by atoms with Crippen molar-refractivity contribution < 1.29 is 4.52 Å². The quantitative estimate of drug-likeness (QED) is 0.565. The van der Waals surface area contributed by atoms with Gasteiger partial charge in [0.1, 0.15) is 12.0 Å². The lowest BCUT2D eigenvalue weighted by molar-refractivity contribution is 0.410. The van der Waals surface area contributed by atoms with E-state index in [0.29, 0.717) is 11.3 Å². The van der Waals surface area contributed by atoms with E-state index in [1.54, 1.807) is 6.26 Å². The van der Waals surface area contributed by atoms with Crippen molar-refractivity contribution >= 4 is 45.8 Å². The Labute approximate surface area is 116 Å². The Hall–Kier alpha value is -1.15. The number of hydrogen-bond donors (Lipinski definition) is 1. The van der Waals surface area contributed by atoms with Gasteiger partial charge in [-0.2, -0.15) is 0 Å². The first kappa shape index (κ1) is 11.0. The molecule has 17 heavy (non-hydrogen) atoms. The molecule has 0 saturated heterocycles. The van der Waals surface area contributed by atoms with Crippen LogP contribution in [0, 0.1) is 8.34 Å². The lowest BCUT2D eigenvalue weighted by Crippen LogP contribution is -1.99. The summed E-state index contributed by atoms with van der Waals surface area (Å²) in [6.07, 6.45) is 1.57. The molecule has 3 rings (SSSR count). The molecule has 0 atom stereocenters. The number of fused-ring (bicyclic) bond motifs is 1. The number of benzene rings is 1. The van der Waals surface area contributed by atoms with Crippen LogP contribution in [-0.2, 0) is 6.54 Å². The maximum absolute atomic E-state index is 5.32. The van der Waals surface area contributed by atoms with Crippen molar-refractivity contribution in [2.24, 2.45) is 0 Å². The molecule has 1 aromatic carbocycles. The van der Waals surface area contributed by atoms with Gasteiger partial charge in [0.2, 0.25) is 0 Å². The fourth-order valence-corrected chi connectivity index (χ4v) is 2.54. The molecule has 6 heteroatoms. The summed E-state index contributed by atoms with van der Waals surface area (Å²) in [6, 6.07) is 8.03. The molecule has 0 aliphatic heterocycles. The van der Waals surface area contributed by atoms with E-state index in [1.807, 2.05) is 10.6 Å². The number of hydrogen-bond acceptors (Lipinski definition) is 3. The van der Waals surface area contributed by atoms with Gasteiger partial charge < -0.3 is 14.1 Å². The van der Waals surface area contributed by atoms with Crippen molar-refractivity contribution in [2.45, 2.75) is 6.54 Å². The molecule has 0 unspecified atom stereocenters. The molecule has 86 valence electrons. The summed E-state index contributed by atoms with van der Waals surface area (Å²) in [7, 11) is 0. The highest BCUT2D eigenvalue weighted by Gasteiger charge is 2.06. The van der Waals surface area contributed by atoms with Gasteiger partial charge in [-0.3, -0.25) is 0 Å². The van der Waals surface area contributed by atoms with Crippen LogP contribution >= 0.6 is 34.8 Å². The first-order valence-corrected chi connectivity index (χ1v) is 6.50. The first-order valence-electron chi connectivity index (χ1n) is 5.01. The second-order valence-corrected chi connectivity index (χ2v) is 5.30. The standard InChI is InChI=1S/C11H8IN3OS/c12-7-1-2-10-9(5-7)13-11(17)15(10)6-8-3-4-16-14-8/h1-5H,6H2,(H,13,17). The van der Waals surface area contributed by atoms with E-state index in [2.05, 4.69) is 50.9 Å². The average Bonchev–Trinajstić information content (AvgIpc) is 2.88. The molecule has 2 aromatic heterocycles. The van der Waals surface area contributed by atoms with Gasteiger partial charge in [-0.25, -0.2) is 0 Å². The minimum Gasteiger partial charge on any atom is -0.364 e. The van der Waals surface area contributed by atoms with Gasteiger partial charge in [0.05, 0.1) is 17.6 Å². The highest BCUT2D eigenvalue weighted by Crippen LogP contribution is 2.18. The minimum atomic E-state index is 0.621. The van der Waals surface area contributed by atoms with Crippen molar-refractivity contribution in [1.82, 2.24) is 14.7 Å². The van der Waals surface area contributed by atoms with Gasteiger partial charge >= 0.3 is 0 Å². The Bertz CT molecular complexity index is 714. The highest BCUT2D eigenvalue weighted by atomic mass is 127. The van der Waals surface area contributed by atoms with Gasteiger partial charge in [-0.1, -0.05) is 5.16 Å². The maximum Gasteiger partial charge on any atom is 0.178 e. The predicted molar refractivity (Wildman–Crippen MR) is 75.4 cm³/mol. The summed E-state index contributed by atoms with van der Waals surface area (Å²) in [5.74, 6) is 0. The van der Waals surface area contributed by atoms with E-state index >= 15 is 0 Å². The van der Waals surface area contributed by atoms with Crippen molar-refractivity contribution in [1.29, 1.82) is 0 Å². The lowest BCUT2D eigenvalue weighted by atomic mass is 10.3. The monoisotopic (exact) mass is 357 g/mol. The second kappa shape index (κ2) is 4.26. The third-order valence-corrected chi connectivity index (χ3v) is 3.54. The number of nitrogens with zero attached hydrogens (tertiary/aromatic N) is 2. The predicted octanol–water partition coefficient (Wildman–Crippen LogP) is 3.34. The van der Waals surface area contributed by atoms with E-state index in [4.69, 9.17) is 16.7 Å². The summed E-state index contributed by atoms with van der Waals surface area (Å²) in [6.45, 7) is 0.621. The minimum absolute atomic E-state index is 0.621. The van der Waals surface area contributed by atoms with Crippen LogP contribution in [0.5, 0.6) is 0 Å². The Morgan fingerprint density at radius 1 is 1.41 bits per heavy atom. The molecular weight excluding hydrogens is 349 g/mol. The number of rotatable bonds is 2. The van der Waals surface area contributed by atoms with E-state index in [9.17, 15) is 0 Å². The Morgan fingerprint density at radius 2 is 2.29 bits per heavy atom. The Kier molecular flexibility index (Phi) is 2.75. The van der Waals surface area contributed by atoms with Crippen LogP contribution in [0.25, 0.3) is 11.0 Å². The molecule has 0 radical (unpaired) electrons. The fourth-order valence-electron chi connectivity index (χ4n) is 1.77. The third kappa shape index (κ3) is 2.02. The SMILES string of the molecule is S=c1[nH]c2cc(I)ccc2n1Cc1ccon1. The van der Waals surface area contributed by atoms with Gasteiger partial charge in [-0.15, -0.1) is 0 Å². The van der Waals surface area contributed by atoms with Gasteiger partial charge in [0.25, 0.3) is 0 Å². The van der Waals surface area contributed by atoms with E-state index in [0.717, 1.165) is 16.7 Å². The van der Waals surface area contributed by atoms with Crippen LogP contribution in [0.3, 0.4) is 0 Å². The van der Waals surface area contributed by atoms with Crippen molar-refractivity contribution in [3.05, 3.63) is 44.6 Å². The molecule has 0 fully saturated rings. The number of H-pyrrole nitrogens is 1. The molecule has 3 aromatic rings. The van der Waals surface area contributed by atoms with Gasteiger partial charge in [0.15, 0.2) is 4.77 Å². The van der Waals surface area contributed by atoms with Crippen LogP contribution < -0.4 is 0 Å². The Morgan fingerprint density at radius 3 is 3.06 bits per heavy atom. The zero-order valence-electron chi connectivity index (χ0n) is 8.68. The highest BCUT2D eigenvalue weighted by molar-refractivity contribution is 14.1. The maximum atomic E-state index is 5.32. The molecule has 0 bridgehead atoms. The zero-order valence-corrected chi connectivity index (χ0v) is 11.7. The zero-order chi connectivity index (χ0) is 11.8. The number of aromatic nitrogens is 3. The molecule has 0 amide bonds. The topological polar surface area (TPSA) is 46.8 Å². The molecular formula is C11H8IN3OS. The van der Waals surface area contributed by atoms with E-state index in [1.165, 1.54) is 3.57 Å². The third-order valence-electron chi connectivity index (χ3n) is 2.55. The van der Waals surface area contributed by atoms with Crippen molar-refractivity contribution in [2.75, 3.05) is 0 Å². The molecule has 0 aliphatic carbocycles. The summed E-state index contributed by atoms with van der Waals surface area (Å²) < 4.78 is 8.72. The molecule has 0 aliphatic rings. The van der Waals surface area contributed by atoms with Crippen LogP contribution in [0.2, 0.25) is 0 Å². The number of halogens is 1. The van der Waals surface area contributed by atoms with Crippen LogP contribution in [0.4, 0.5) is 0 Å². The van der Waals surface area contributed by atoms with Gasteiger partial charge in [-0.05, 0) is 53.0 Å². The Balaban J connectivity index is 2.16. The van der Waals surface area contributed by atoms with Gasteiger partial charge in [0, 0.05) is 9.64 Å². The normalized spacial score (nSPS) is 11.1. The van der Waals surface area contributed by atoms with E-state index < -0.39 is 0 Å². The first-order chi connectivity index (χ1) is 8.24. The van der Waals surface area contributed by atoms with Crippen LogP contribution in [0.1, 0.15) is 5.69 Å². The molecule has 0 saturated carbocycles. The summed E-state index contributed by atoms with van der Waals surface area (Å²) >= 11 is 7.60. The molecule has 0 spiro atoms. The largest absolute Gasteiger partial charge is 0.364 e. The summed E-state index contributed by atoms with van der Waals surface area (Å²) in [4.78, 5) is 3.19. The molecule has 1 N–H and O–H groups in total. The smallest absolute Gasteiger partial charge is 0.178 e. The molecule has 2 heterocycles. The van der Waals surface area contributed by atoms with Crippen LogP contribution in [-0.4, -0.2) is 14.7 Å². The number of nitrogens with one attached hydrogen (secondary N) is 1. The fraction of sp³-hybridized carbons (Fsp3) is 0.0909. The van der Waals surface area contributed by atoms with Crippen molar-refractivity contribution in [3.63, 3.8) is 0 Å². The lowest BCUT2D eigenvalue weighted by Gasteiger charge is -2.00. The number of imidazole rings is 1. The number of aromatic amines is 1. The van der Waals surface area contributed by atoms with E-state index in [-0.39, 0.29) is 0 Å². The summed E-state index contributed by atoms with van der Waals surface area (Å²) in [5.41, 5.74) is 2.99. The average molecular weight is 357 g/mol. The summed E-state index contributed by atoms with van der Waals surface area (Å²) in [5, 5.41) is 3.90. The second-order valence-electron chi connectivity index (χ2n) is 3.67. The van der Waals surface area contributed by atoms with Crippen LogP contribution in [0.15, 0.2) is 35.1 Å².